The molecule has 26 heavy (non-hydrogen) atoms. The van der Waals surface area contributed by atoms with Crippen LogP contribution in [0.3, 0.4) is 0 Å². The van der Waals surface area contributed by atoms with E-state index in [1.807, 2.05) is 66.7 Å². The van der Waals surface area contributed by atoms with Gasteiger partial charge in [-0.15, -0.1) is 0 Å². The average molecular weight is 363 g/mol. The predicted octanol–water partition coefficient (Wildman–Crippen LogP) is 5.40. The van der Waals surface area contributed by atoms with Crippen LogP contribution in [0, 0.1) is 0 Å². The van der Waals surface area contributed by atoms with Crippen molar-refractivity contribution in [1.82, 2.24) is 0 Å². The van der Waals surface area contributed by atoms with E-state index in [0.29, 0.717) is 6.54 Å². The summed E-state index contributed by atoms with van der Waals surface area (Å²) in [6.07, 6.45) is 0. The van der Waals surface area contributed by atoms with E-state index in [1.54, 1.807) is 30.7 Å². The van der Waals surface area contributed by atoms with Crippen molar-refractivity contribution < 1.29 is 9.53 Å². The van der Waals surface area contributed by atoms with Crippen molar-refractivity contribution in [3.8, 4) is 5.75 Å². The first kappa shape index (κ1) is 18.1. The molecule has 0 N–H and O–H groups in total. The number of hydrogen-bond donors (Lipinski definition) is 0. The van der Waals surface area contributed by atoms with Crippen molar-refractivity contribution in [2.24, 2.45) is 0 Å². The molecule has 132 valence electrons. The quantitative estimate of drug-likeness (QED) is 0.587. The third-order valence-electron chi connectivity index (χ3n) is 4.03. The number of para-hydroxylation sites is 2. The fourth-order valence-corrected chi connectivity index (χ4v) is 3.73. The molecule has 3 aromatic carbocycles. The third kappa shape index (κ3) is 4.27. The standard InChI is InChI=1S/C22H21NO2S/c1-17(24)23(16-18-10-6-8-14-21(18)25-2)20-13-7-9-15-22(20)26-19-11-4-3-5-12-19/h3-15H,16H2,1-2H3. The SMILES string of the molecule is COc1ccccc1CN(C(C)=O)c1ccccc1Sc1ccccc1. The normalized spacial score (nSPS) is 10.4. The number of methoxy groups -OCH3 is 1. The molecule has 3 rings (SSSR count). The summed E-state index contributed by atoms with van der Waals surface area (Å²) in [5, 5.41) is 0. The summed E-state index contributed by atoms with van der Waals surface area (Å²) in [4.78, 5) is 16.4. The van der Waals surface area contributed by atoms with E-state index in [1.165, 1.54) is 0 Å². The first-order valence-electron chi connectivity index (χ1n) is 8.41. The van der Waals surface area contributed by atoms with Crippen molar-refractivity contribution in [3.63, 3.8) is 0 Å². The average Bonchev–Trinajstić information content (AvgIpc) is 2.67. The highest BCUT2D eigenvalue weighted by Gasteiger charge is 2.18. The number of nitrogens with zero attached hydrogens (tertiary/aromatic N) is 1. The fraction of sp³-hybridized carbons (Fsp3) is 0.136. The minimum Gasteiger partial charge on any atom is -0.496 e. The van der Waals surface area contributed by atoms with Crippen LogP contribution in [0.5, 0.6) is 5.75 Å². The number of carbonyl (C=O) groups excluding carboxylic acids is 1. The molecule has 0 unspecified atom stereocenters. The molecule has 0 saturated heterocycles. The Hall–Kier alpha value is -2.72. The van der Waals surface area contributed by atoms with Gasteiger partial charge >= 0.3 is 0 Å². The van der Waals surface area contributed by atoms with E-state index in [2.05, 4.69) is 12.1 Å². The molecule has 0 atom stereocenters. The molecule has 3 nitrogen and oxygen atoms in total. The van der Waals surface area contributed by atoms with Crippen LogP contribution in [0.4, 0.5) is 5.69 Å². The van der Waals surface area contributed by atoms with E-state index in [4.69, 9.17) is 4.74 Å². The van der Waals surface area contributed by atoms with Crippen LogP contribution < -0.4 is 9.64 Å². The molecule has 3 aromatic rings. The molecule has 1 amide bonds. The van der Waals surface area contributed by atoms with Gasteiger partial charge in [-0.1, -0.05) is 60.3 Å². The summed E-state index contributed by atoms with van der Waals surface area (Å²) < 4.78 is 5.44. The van der Waals surface area contributed by atoms with Gasteiger partial charge in [0.05, 0.1) is 19.3 Å². The summed E-state index contributed by atoms with van der Waals surface area (Å²) in [6.45, 7) is 2.06. The smallest absolute Gasteiger partial charge is 0.224 e. The van der Waals surface area contributed by atoms with Crippen LogP contribution in [0.1, 0.15) is 12.5 Å². The molecule has 0 radical (unpaired) electrons. The summed E-state index contributed by atoms with van der Waals surface area (Å²) >= 11 is 1.66. The summed E-state index contributed by atoms with van der Waals surface area (Å²) in [7, 11) is 1.65. The van der Waals surface area contributed by atoms with Gasteiger partial charge in [-0.25, -0.2) is 0 Å². The van der Waals surface area contributed by atoms with Crippen molar-refractivity contribution in [2.45, 2.75) is 23.3 Å². The van der Waals surface area contributed by atoms with E-state index < -0.39 is 0 Å². The molecular formula is C22H21NO2S. The largest absolute Gasteiger partial charge is 0.496 e. The maximum Gasteiger partial charge on any atom is 0.224 e. The Morgan fingerprint density at radius 3 is 2.31 bits per heavy atom. The zero-order valence-corrected chi connectivity index (χ0v) is 15.7. The molecule has 0 aliphatic rings. The molecule has 0 fully saturated rings. The van der Waals surface area contributed by atoms with Gasteiger partial charge in [-0.3, -0.25) is 4.79 Å². The zero-order valence-electron chi connectivity index (χ0n) is 14.9. The zero-order chi connectivity index (χ0) is 18.4. The minimum absolute atomic E-state index is 0.00276. The number of ether oxygens (including phenoxy) is 1. The molecule has 0 aliphatic carbocycles. The Labute approximate surface area is 158 Å². The van der Waals surface area contributed by atoms with Crippen LogP contribution in [0.15, 0.2) is 88.7 Å². The Kier molecular flexibility index (Phi) is 5.97. The van der Waals surface area contributed by atoms with Gasteiger partial charge in [0, 0.05) is 22.3 Å². The lowest BCUT2D eigenvalue weighted by atomic mass is 10.1. The van der Waals surface area contributed by atoms with Gasteiger partial charge in [0.15, 0.2) is 0 Å². The maximum absolute atomic E-state index is 12.4. The lowest BCUT2D eigenvalue weighted by Gasteiger charge is -2.24. The van der Waals surface area contributed by atoms with E-state index in [0.717, 1.165) is 26.8 Å². The van der Waals surface area contributed by atoms with Crippen molar-refractivity contribution in [3.05, 3.63) is 84.4 Å². The first-order valence-corrected chi connectivity index (χ1v) is 9.22. The number of rotatable bonds is 6. The molecule has 0 aromatic heterocycles. The van der Waals surface area contributed by atoms with Gasteiger partial charge in [0.25, 0.3) is 0 Å². The van der Waals surface area contributed by atoms with Crippen molar-refractivity contribution in [1.29, 1.82) is 0 Å². The highest BCUT2D eigenvalue weighted by Crippen LogP contribution is 2.36. The van der Waals surface area contributed by atoms with Crippen LogP contribution in [-0.4, -0.2) is 13.0 Å². The Morgan fingerprint density at radius 1 is 0.923 bits per heavy atom. The Bertz CT molecular complexity index is 880. The summed E-state index contributed by atoms with van der Waals surface area (Å²) in [6, 6.07) is 26.0. The van der Waals surface area contributed by atoms with Gasteiger partial charge in [-0.2, -0.15) is 0 Å². The lowest BCUT2D eigenvalue weighted by molar-refractivity contribution is -0.116. The molecule has 4 heteroatoms. The van der Waals surface area contributed by atoms with Crippen LogP contribution in [0.2, 0.25) is 0 Å². The van der Waals surface area contributed by atoms with E-state index in [9.17, 15) is 4.79 Å². The minimum atomic E-state index is -0.00276. The highest BCUT2D eigenvalue weighted by molar-refractivity contribution is 7.99. The summed E-state index contributed by atoms with van der Waals surface area (Å²) in [5.41, 5.74) is 1.88. The second-order valence-electron chi connectivity index (χ2n) is 5.80. The second-order valence-corrected chi connectivity index (χ2v) is 6.92. The molecule has 0 heterocycles. The first-order chi connectivity index (χ1) is 12.7. The number of benzene rings is 3. The number of hydrogen-bond acceptors (Lipinski definition) is 3. The molecule has 0 spiro atoms. The monoisotopic (exact) mass is 363 g/mol. The number of carbonyl (C=O) groups is 1. The third-order valence-corrected chi connectivity index (χ3v) is 5.10. The van der Waals surface area contributed by atoms with Crippen molar-refractivity contribution >= 4 is 23.4 Å². The Morgan fingerprint density at radius 2 is 1.58 bits per heavy atom. The van der Waals surface area contributed by atoms with Gasteiger partial charge in [0.2, 0.25) is 5.91 Å². The Balaban J connectivity index is 1.95. The summed E-state index contributed by atoms with van der Waals surface area (Å²) in [5.74, 6) is 0.781. The van der Waals surface area contributed by atoms with Gasteiger partial charge in [-0.05, 0) is 30.3 Å². The van der Waals surface area contributed by atoms with Crippen LogP contribution >= 0.6 is 11.8 Å². The molecule has 0 bridgehead atoms. The van der Waals surface area contributed by atoms with E-state index in [-0.39, 0.29) is 5.91 Å². The second kappa shape index (κ2) is 8.59. The molecule has 0 saturated carbocycles. The van der Waals surface area contributed by atoms with Gasteiger partial charge in [0.1, 0.15) is 5.75 Å². The highest BCUT2D eigenvalue weighted by atomic mass is 32.2. The van der Waals surface area contributed by atoms with Crippen LogP contribution in [0.25, 0.3) is 0 Å². The topological polar surface area (TPSA) is 29.5 Å². The number of amides is 1. The van der Waals surface area contributed by atoms with Crippen LogP contribution in [-0.2, 0) is 11.3 Å². The fourth-order valence-electron chi connectivity index (χ4n) is 2.75. The predicted molar refractivity (Wildman–Crippen MR) is 107 cm³/mol. The molecule has 0 aliphatic heterocycles. The molecular weight excluding hydrogens is 342 g/mol. The lowest BCUT2D eigenvalue weighted by Crippen LogP contribution is -2.28. The van der Waals surface area contributed by atoms with Gasteiger partial charge < -0.3 is 9.64 Å². The van der Waals surface area contributed by atoms with E-state index >= 15 is 0 Å². The maximum atomic E-state index is 12.4. The number of anilines is 1. The van der Waals surface area contributed by atoms with Crippen molar-refractivity contribution in [2.75, 3.05) is 12.0 Å².